The summed E-state index contributed by atoms with van der Waals surface area (Å²) in [6.07, 6.45) is 1.52. The van der Waals surface area contributed by atoms with Crippen molar-refractivity contribution >= 4 is 33.5 Å². The van der Waals surface area contributed by atoms with Gasteiger partial charge in [-0.05, 0) is 12.1 Å². The van der Waals surface area contributed by atoms with Crippen LogP contribution in [0.25, 0.3) is 15.5 Å². The van der Waals surface area contributed by atoms with E-state index in [9.17, 15) is 0 Å². The van der Waals surface area contributed by atoms with E-state index in [2.05, 4.69) is 25.8 Å². The molecule has 0 saturated carbocycles. The van der Waals surface area contributed by atoms with Gasteiger partial charge in [0.05, 0.1) is 5.69 Å². The van der Waals surface area contributed by atoms with Crippen molar-refractivity contribution in [1.29, 1.82) is 10.7 Å². The van der Waals surface area contributed by atoms with Crippen molar-refractivity contribution in [1.82, 2.24) is 19.8 Å². The van der Waals surface area contributed by atoms with E-state index in [0.29, 0.717) is 10.6 Å². The third-order valence-electron chi connectivity index (χ3n) is 2.69. The first-order chi connectivity index (χ1) is 10.7. The average Bonchev–Trinajstić information content (AvgIpc) is 3.09. The topological polar surface area (TPSA) is 141 Å². The van der Waals surface area contributed by atoms with Gasteiger partial charge in [0.2, 0.25) is 10.7 Å². The maximum Gasteiger partial charge on any atom is 0.234 e. The molecule has 0 spiro atoms. The first-order valence-corrected chi connectivity index (χ1v) is 6.85. The zero-order valence-electron chi connectivity index (χ0n) is 11.1. The van der Waals surface area contributed by atoms with E-state index in [1.807, 2.05) is 18.2 Å². The Kier molecular flexibility index (Phi) is 3.47. The SMILES string of the molecule is N#C/C(=N\Nc1ccccc1-c1nn2cnnc2s1)C(=N)N. The molecule has 1 aromatic carbocycles. The molecule has 108 valence electrons. The largest absolute Gasteiger partial charge is 0.382 e. The number of rotatable bonds is 4. The number of amidine groups is 1. The zero-order chi connectivity index (χ0) is 15.5. The van der Waals surface area contributed by atoms with Crippen molar-refractivity contribution in [3.05, 3.63) is 30.6 Å². The highest BCUT2D eigenvalue weighted by Crippen LogP contribution is 2.30. The molecule has 0 unspecified atom stereocenters. The molecular weight excluding hydrogens is 302 g/mol. The first-order valence-electron chi connectivity index (χ1n) is 6.03. The lowest BCUT2D eigenvalue weighted by Gasteiger charge is -2.06. The molecule has 0 atom stereocenters. The van der Waals surface area contributed by atoms with Crippen LogP contribution >= 0.6 is 11.3 Å². The third kappa shape index (κ3) is 2.48. The van der Waals surface area contributed by atoms with Gasteiger partial charge >= 0.3 is 0 Å². The molecule has 0 aliphatic rings. The Labute approximate surface area is 128 Å². The van der Waals surface area contributed by atoms with Crippen molar-refractivity contribution in [2.75, 3.05) is 5.43 Å². The summed E-state index contributed by atoms with van der Waals surface area (Å²) in [6, 6.07) is 9.09. The van der Waals surface area contributed by atoms with Crippen LogP contribution in [-0.2, 0) is 0 Å². The summed E-state index contributed by atoms with van der Waals surface area (Å²) in [5, 5.41) is 32.7. The van der Waals surface area contributed by atoms with Gasteiger partial charge in [-0.1, -0.05) is 23.5 Å². The van der Waals surface area contributed by atoms with Crippen molar-refractivity contribution < 1.29 is 0 Å². The molecule has 0 fully saturated rings. The lowest BCUT2D eigenvalue weighted by molar-refractivity contribution is 0.960. The van der Waals surface area contributed by atoms with Crippen LogP contribution in [-0.4, -0.2) is 31.4 Å². The molecule has 2 heterocycles. The van der Waals surface area contributed by atoms with E-state index >= 15 is 0 Å². The van der Waals surface area contributed by atoms with Crippen LogP contribution in [0, 0.1) is 16.7 Å². The van der Waals surface area contributed by atoms with Crippen LogP contribution in [0.2, 0.25) is 0 Å². The van der Waals surface area contributed by atoms with Crippen molar-refractivity contribution in [3.8, 4) is 16.6 Å². The molecule has 10 heteroatoms. The standard InChI is InChI=1S/C12H9N9S/c13-5-9(10(14)15)18-17-8-4-2-1-3-7(8)11-20-21-6-16-19-12(21)22-11/h1-4,6,17H,(H3,14,15)/b18-9+. The van der Waals surface area contributed by atoms with Gasteiger partial charge in [0.1, 0.15) is 17.4 Å². The van der Waals surface area contributed by atoms with Gasteiger partial charge in [0, 0.05) is 5.56 Å². The minimum absolute atomic E-state index is 0.187. The fourth-order valence-corrected chi connectivity index (χ4v) is 2.56. The summed E-state index contributed by atoms with van der Waals surface area (Å²) >= 11 is 1.38. The fourth-order valence-electron chi connectivity index (χ4n) is 1.70. The predicted molar refractivity (Wildman–Crippen MR) is 82.7 cm³/mol. The Balaban J connectivity index is 1.98. The molecule has 0 aliphatic carbocycles. The number of hydrogen-bond donors (Lipinski definition) is 3. The van der Waals surface area contributed by atoms with Crippen molar-refractivity contribution in [3.63, 3.8) is 0 Å². The monoisotopic (exact) mass is 311 g/mol. The number of nitrogens with one attached hydrogen (secondary N) is 2. The summed E-state index contributed by atoms with van der Waals surface area (Å²) in [5.41, 5.74) is 9.25. The summed E-state index contributed by atoms with van der Waals surface area (Å²) in [4.78, 5) is 0.676. The van der Waals surface area contributed by atoms with Crippen LogP contribution in [0.1, 0.15) is 0 Å². The van der Waals surface area contributed by atoms with Gasteiger partial charge in [0.15, 0.2) is 5.84 Å². The molecule has 0 aliphatic heterocycles. The number of hydrogen-bond acceptors (Lipinski definition) is 8. The van der Waals surface area contributed by atoms with Gasteiger partial charge in [-0.25, -0.2) is 0 Å². The summed E-state index contributed by atoms with van der Waals surface area (Å²) in [6.45, 7) is 0. The quantitative estimate of drug-likeness (QED) is 0.374. The van der Waals surface area contributed by atoms with Gasteiger partial charge in [-0.15, -0.1) is 10.2 Å². The molecule has 0 bridgehead atoms. The molecule has 2 aromatic heterocycles. The van der Waals surface area contributed by atoms with E-state index in [4.69, 9.17) is 16.4 Å². The number of fused-ring (bicyclic) bond motifs is 1. The number of para-hydroxylation sites is 1. The molecule has 9 nitrogen and oxygen atoms in total. The van der Waals surface area contributed by atoms with E-state index in [0.717, 1.165) is 10.6 Å². The minimum Gasteiger partial charge on any atom is -0.382 e. The van der Waals surface area contributed by atoms with E-state index in [1.54, 1.807) is 16.7 Å². The highest BCUT2D eigenvalue weighted by molar-refractivity contribution is 7.19. The van der Waals surface area contributed by atoms with Gasteiger partial charge in [-0.2, -0.15) is 20.0 Å². The number of nitrogens with two attached hydrogens (primary N) is 1. The second-order valence-corrected chi connectivity index (χ2v) is 5.06. The lowest BCUT2D eigenvalue weighted by atomic mass is 10.2. The van der Waals surface area contributed by atoms with Crippen LogP contribution in [0.3, 0.4) is 0 Å². The predicted octanol–water partition coefficient (Wildman–Crippen LogP) is 1.08. The molecule has 0 radical (unpaired) electrons. The van der Waals surface area contributed by atoms with Crippen LogP contribution in [0.15, 0.2) is 35.7 Å². The molecule has 3 rings (SSSR count). The number of benzene rings is 1. The van der Waals surface area contributed by atoms with E-state index in [1.165, 1.54) is 17.7 Å². The molecule has 0 saturated heterocycles. The van der Waals surface area contributed by atoms with Crippen LogP contribution in [0.4, 0.5) is 5.69 Å². The zero-order valence-corrected chi connectivity index (χ0v) is 11.9. The summed E-state index contributed by atoms with van der Waals surface area (Å²) in [5.74, 6) is -0.397. The Morgan fingerprint density at radius 3 is 3.00 bits per heavy atom. The van der Waals surface area contributed by atoms with Crippen molar-refractivity contribution in [2.24, 2.45) is 10.8 Å². The van der Waals surface area contributed by atoms with Gasteiger partial charge in [0.25, 0.3) is 0 Å². The van der Waals surface area contributed by atoms with Crippen molar-refractivity contribution in [2.45, 2.75) is 0 Å². The number of aromatic nitrogens is 4. The summed E-state index contributed by atoms with van der Waals surface area (Å²) < 4.78 is 1.58. The third-order valence-corrected chi connectivity index (χ3v) is 3.64. The maximum absolute atomic E-state index is 8.86. The fraction of sp³-hybridized carbons (Fsp3) is 0. The first kappa shape index (κ1) is 13.7. The maximum atomic E-state index is 8.86. The van der Waals surface area contributed by atoms with Gasteiger partial charge in [-0.3, -0.25) is 10.8 Å². The highest BCUT2D eigenvalue weighted by atomic mass is 32.1. The number of anilines is 1. The minimum atomic E-state index is -0.397. The Morgan fingerprint density at radius 1 is 1.45 bits per heavy atom. The Bertz CT molecular complexity index is 885. The lowest BCUT2D eigenvalue weighted by Crippen LogP contribution is -2.21. The molecule has 3 aromatic rings. The Morgan fingerprint density at radius 2 is 2.27 bits per heavy atom. The van der Waals surface area contributed by atoms with E-state index in [-0.39, 0.29) is 5.71 Å². The smallest absolute Gasteiger partial charge is 0.234 e. The molecule has 0 amide bonds. The van der Waals surface area contributed by atoms with Crippen LogP contribution in [0.5, 0.6) is 0 Å². The number of nitriles is 1. The second-order valence-electron chi connectivity index (χ2n) is 4.11. The van der Waals surface area contributed by atoms with E-state index < -0.39 is 5.84 Å². The highest BCUT2D eigenvalue weighted by Gasteiger charge is 2.11. The molecular formula is C12H9N9S. The van der Waals surface area contributed by atoms with Gasteiger partial charge < -0.3 is 5.73 Å². The molecule has 22 heavy (non-hydrogen) atoms. The second kappa shape index (κ2) is 5.58. The molecule has 4 N–H and O–H groups in total. The average molecular weight is 311 g/mol. The van der Waals surface area contributed by atoms with Crippen LogP contribution < -0.4 is 11.2 Å². The summed E-state index contributed by atoms with van der Waals surface area (Å²) in [7, 11) is 0. The number of hydrazone groups is 1. The number of nitrogens with zero attached hydrogens (tertiary/aromatic N) is 6. The normalized spacial score (nSPS) is 11.3. The Hall–Kier alpha value is -3.32.